The second-order valence-electron chi connectivity index (χ2n) is 4.29. The van der Waals surface area contributed by atoms with Crippen molar-refractivity contribution in [3.63, 3.8) is 0 Å². The van der Waals surface area contributed by atoms with E-state index in [1.54, 1.807) is 23.5 Å². The standard InChI is InChI=1S/C14H17N3OS/c1-3-11-7-17-14(19-11)8-16-10-4-5-12(9(2)18)13(15)6-10/h4-7,16H,3,8,15H2,1-2H3. The van der Waals surface area contributed by atoms with Gasteiger partial charge in [-0.25, -0.2) is 4.98 Å². The number of hydrogen-bond acceptors (Lipinski definition) is 5. The number of thiazole rings is 1. The Kier molecular flexibility index (Phi) is 4.16. The highest BCUT2D eigenvalue weighted by atomic mass is 32.1. The van der Waals surface area contributed by atoms with Crippen LogP contribution in [0, 0.1) is 0 Å². The van der Waals surface area contributed by atoms with E-state index in [-0.39, 0.29) is 5.78 Å². The van der Waals surface area contributed by atoms with Crippen molar-refractivity contribution < 1.29 is 4.79 Å². The van der Waals surface area contributed by atoms with E-state index in [1.807, 2.05) is 12.3 Å². The number of carbonyl (C=O) groups excluding carboxylic acids is 1. The molecule has 4 nitrogen and oxygen atoms in total. The van der Waals surface area contributed by atoms with Gasteiger partial charge in [0.05, 0.1) is 6.54 Å². The summed E-state index contributed by atoms with van der Waals surface area (Å²) in [5, 5.41) is 4.31. The molecule has 2 aromatic rings. The summed E-state index contributed by atoms with van der Waals surface area (Å²) in [6.07, 6.45) is 2.92. The van der Waals surface area contributed by atoms with Crippen molar-refractivity contribution >= 4 is 28.5 Å². The van der Waals surface area contributed by atoms with Crippen LogP contribution in [0.25, 0.3) is 0 Å². The minimum atomic E-state index is -0.0171. The number of ketones is 1. The SMILES string of the molecule is CCc1cnc(CNc2ccc(C(C)=O)c(N)c2)s1. The minimum absolute atomic E-state index is 0.0171. The molecule has 0 fully saturated rings. The predicted octanol–water partition coefficient (Wildman–Crippen LogP) is 3.10. The van der Waals surface area contributed by atoms with Gasteiger partial charge in [0.1, 0.15) is 5.01 Å². The number of nitrogen functional groups attached to an aromatic ring is 1. The number of nitrogens with one attached hydrogen (secondary N) is 1. The molecular formula is C14H17N3OS. The first-order chi connectivity index (χ1) is 9.10. The van der Waals surface area contributed by atoms with Gasteiger partial charge >= 0.3 is 0 Å². The lowest BCUT2D eigenvalue weighted by atomic mass is 10.1. The number of anilines is 2. The number of nitrogens with zero attached hydrogens (tertiary/aromatic N) is 1. The van der Waals surface area contributed by atoms with Crippen LogP contribution in [0.2, 0.25) is 0 Å². The Morgan fingerprint density at radius 2 is 2.26 bits per heavy atom. The molecule has 0 radical (unpaired) electrons. The second kappa shape index (κ2) is 5.84. The molecule has 19 heavy (non-hydrogen) atoms. The van der Waals surface area contributed by atoms with Crippen LogP contribution >= 0.6 is 11.3 Å². The maximum Gasteiger partial charge on any atom is 0.161 e. The molecule has 0 amide bonds. The van der Waals surface area contributed by atoms with Gasteiger partial charge in [0.15, 0.2) is 5.78 Å². The first kappa shape index (κ1) is 13.5. The van der Waals surface area contributed by atoms with E-state index in [9.17, 15) is 4.79 Å². The molecule has 100 valence electrons. The van der Waals surface area contributed by atoms with Crippen LogP contribution < -0.4 is 11.1 Å². The van der Waals surface area contributed by atoms with E-state index >= 15 is 0 Å². The molecule has 0 aliphatic heterocycles. The van der Waals surface area contributed by atoms with Crippen LogP contribution in [0.15, 0.2) is 24.4 Å². The van der Waals surface area contributed by atoms with Crippen LogP contribution in [-0.4, -0.2) is 10.8 Å². The zero-order chi connectivity index (χ0) is 13.8. The summed E-state index contributed by atoms with van der Waals surface area (Å²) in [6, 6.07) is 5.39. The Morgan fingerprint density at radius 1 is 1.47 bits per heavy atom. The molecule has 0 aliphatic rings. The monoisotopic (exact) mass is 275 g/mol. The molecule has 2 rings (SSSR count). The maximum absolute atomic E-state index is 11.3. The summed E-state index contributed by atoms with van der Waals surface area (Å²) in [5.41, 5.74) is 7.81. The zero-order valence-electron chi connectivity index (χ0n) is 11.1. The molecule has 1 heterocycles. The fraction of sp³-hybridized carbons (Fsp3) is 0.286. The summed E-state index contributed by atoms with van der Waals surface area (Å²) in [4.78, 5) is 16.9. The maximum atomic E-state index is 11.3. The molecule has 0 spiro atoms. The van der Waals surface area contributed by atoms with Crippen molar-refractivity contribution in [2.75, 3.05) is 11.1 Å². The topological polar surface area (TPSA) is 68.0 Å². The molecule has 3 N–H and O–H groups in total. The summed E-state index contributed by atoms with van der Waals surface area (Å²) < 4.78 is 0. The Bertz CT molecular complexity index is 592. The van der Waals surface area contributed by atoms with Crippen molar-refractivity contribution in [1.82, 2.24) is 4.98 Å². The number of carbonyl (C=O) groups is 1. The number of aromatic nitrogens is 1. The molecule has 0 bridgehead atoms. The molecule has 0 atom stereocenters. The lowest BCUT2D eigenvalue weighted by Crippen LogP contribution is -2.03. The van der Waals surface area contributed by atoms with Gasteiger partial charge in [0, 0.05) is 28.0 Å². The average molecular weight is 275 g/mol. The number of hydrogen-bond donors (Lipinski definition) is 2. The third-order valence-corrected chi connectivity index (χ3v) is 3.97. The van der Waals surface area contributed by atoms with E-state index in [0.717, 1.165) is 17.1 Å². The van der Waals surface area contributed by atoms with Gasteiger partial charge < -0.3 is 11.1 Å². The molecule has 0 aliphatic carbocycles. The second-order valence-corrected chi connectivity index (χ2v) is 5.49. The van der Waals surface area contributed by atoms with Gasteiger partial charge in [-0.3, -0.25) is 4.79 Å². The Morgan fingerprint density at radius 3 is 2.84 bits per heavy atom. The third kappa shape index (κ3) is 3.32. The van der Waals surface area contributed by atoms with E-state index < -0.39 is 0 Å². The van der Waals surface area contributed by atoms with Crippen LogP contribution in [0.4, 0.5) is 11.4 Å². The van der Waals surface area contributed by atoms with Crippen LogP contribution in [0.5, 0.6) is 0 Å². The van der Waals surface area contributed by atoms with E-state index in [0.29, 0.717) is 17.8 Å². The lowest BCUT2D eigenvalue weighted by Gasteiger charge is -2.07. The Balaban J connectivity index is 2.03. The highest BCUT2D eigenvalue weighted by molar-refractivity contribution is 7.11. The van der Waals surface area contributed by atoms with Gasteiger partial charge in [-0.2, -0.15) is 0 Å². The quantitative estimate of drug-likeness (QED) is 0.650. The van der Waals surface area contributed by atoms with Gasteiger partial charge in [-0.05, 0) is 31.5 Å². The first-order valence-corrected chi connectivity index (χ1v) is 6.99. The van der Waals surface area contributed by atoms with E-state index in [1.165, 1.54) is 11.8 Å². The normalized spacial score (nSPS) is 10.4. The number of aryl methyl sites for hydroxylation is 1. The molecule has 1 aromatic heterocycles. The first-order valence-electron chi connectivity index (χ1n) is 6.18. The van der Waals surface area contributed by atoms with Gasteiger partial charge in [-0.1, -0.05) is 6.92 Å². The summed E-state index contributed by atoms with van der Waals surface area (Å²) in [7, 11) is 0. The smallest absolute Gasteiger partial charge is 0.161 e. The van der Waals surface area contributed by atoms with Gasteiger partial charge in [0.25, 0.3) is 0 Å². The number of Topliss-reactive ketones (excluding diaryl/α,β-unsaturated/α-hetero) is 1. The van der Waals surface area contributed by atoms with Gasteiger partial charge in [-0.15, -0.1) is 11.3 Å². The van der Waals surface area contributed by atoms with E-state index in [4.69, 9.17) is 5.73 Å². The molecule has 1 aromatic carbocycles. The largest absolute Gasteiger partial charge is 0.398 e. The van der Waals surface area contributed by atoms with Gasteiger partial charge in [0.2, 0.25) is 0 Å². The lowest BCUT2D eigenvalue weighted by molar-refractivity contribution is 0.101. The number of nitrogens with two attached hydrogens (primary N) is 1. The van der Waals surface area contributed by atoms with Crippen molar-refractivity contribution in [1.29, 1.82) is 0 Å². The fourth-order valence-corrected chi connectivity index (χ4v) is 2.57. The van der Waals surface area contributed by atoms with Crippen molar-refractivity contribution in [2.24, 2.45) is 0 Å². The number of rotatable bonds is 5. The van der Waals surface area contributed by atoms with Crippen molar-refractivity contribution in [3.05, 3.63) is 39.8 Å². The minimum Gasteiger partial charge on any atom is -0.398 e. The third-order valence-electron chi connectivity index (χ3n) is 2.82. The molecule has 5 heteroatoms. The summed E-state index contributed by atoms with van der Waals surface area (Å²) >= 11 is 1.71. The highest BCUT2D eigenvalue weighted by Gasteiger charge is 2.06. The predicted molar refractivity (Wildman–Crippen MR) is 79.7 cm³/mol. The fourth-order valence-electron chi connectivity index (χ4n) is 1.76. The zero-order valence-corrected chi connectivity index (χ0v) is 11.9. The molecule has 0 unspecified atom stereocenters. The molecular weight excluding hydrogens is 258 g/mol. The highest BCUT2D eigenvalue weighted by Crippen LogP contribution is 2.20. The Labute approximate surface area is 116 Å². The molecule has 0 saturated heterocycles. The number of benzene rings is 1. The summed E-state index contributed by atoms with van der Waals surface area (Å²) in [5.74, 6) is -0.0171. The summed E-state index contributed by atoms with van der Waals surface area (Å²) in [6.45, 7) is 4.30. The molecule has 0 saturated carbocycles. The van der Waals surface area contributed by atoms with Crippen LogP contribution in [0.1, 0.15) is 34.1 Å². The van der Waals surface area contributed by atoms with Crippen LogP contribution in [0.3, 0.4) is 0 Å². The van der Waals surface area contributed by atoms with Crippen molar-refractivity contribution in [3.8, 4) is 0 Å². The van der Waals surface area contributed by atoms with Crippen LogP contribution in [-0.2, 0) is 13.0 Å². The Hall–Kier alpha value is -1.88. The van der Waals surface area contributed by atoms with E-state index in [2.05, 4.69) is 17.2 Å². The average Bonchev–Trinajstić information content (AvgIpc) is 2.84. The van der Waals surface area contributed by atoms with Crippen molar-refractivity contribution in [2.45, 2.75) is 26.8 Å².